The number of hydrogen-bond donors (Lipinski definition) is 0. The van der Waals surface area contributed by atoms with Crippen LogP contribution < -0.4 is 15.6 Å². The smallest absolute Gasteiger partial charge is 0.404 e. The number of nitrogens with zero attached hydrogens (tertiary/aromatic N) is 2. The molecule has 0 bridgehead atoms. The second kappa shape index (κ2) is 7.94. The zero-order valence-corrected chi connectivity index (χ0v) is 18.6. The molecule has 152 valence electrons. The summed E-state index contributed by atoms with van der Waals surface area (Å²) in [6.07, 6.45) is 10.5. The van der Waals surface area contributed by atoms with Gasteiger partial charge in [0.05, 0.1) is 0 Å². The van der Waals surface area contributed by atoms with Gasteiger partial charge < -0.3 is 4.81 Å². The summed E-state index contributed by atoms with van der Waals surface area (Å²) in [7, 11) is 4.48. The Morgan fingerprint density at radius 1 is 1.00 bits per heavy atom. The van der Waals surface area contributed by atoms with E-state index >= 15 is 0 Å². The van der Waals surface area contributed by atoms with Crippen LogP contribution in [0, 0.1) is 5.92 Å². The SMILES string of the molecule is CC1=Cc2ccccc2B(c2cc(CC3CCCCC3)c3ccccc3[n+]2C)N1C. The molecule has 5 rings (SSSR count). The molecule has 0 amide bonds. The number of allylic oxidation sites excluding steroid dienone is 1. The van der Waals surface area contributed by atoms with Crippen LogP contribution in [-0.2, 0) is 13.5 Å². The Morgan fingerprint density at radius 2 is 1.73 bits per heavy atom. The van der Waals surface area contributed by atoms with Crippen molar-refractivity contribution in [2.24, 2.45) is 13.0 Å². The molecule has 2 nitrogen and oxygen atoms in total. The van der Waals surface area contributed by atoms with Gasteiger partial charge in [-0.15, -0.1) is 0 Å². The van der Waals surface area contributed by atoms with Gasteiger partial charge in [0, 0.05) is 17.5 Å². The van der Waals surface area contributed by atoms with Crippen LogP contribution in [0.5, 0.6) is 0 Å². The Labute approximate surface area is 181 Å². The summed E-state index contributed by atoms with van der Waals surface area (Å²) in [5, 5.41) is 1.42. The number of fused-ring (bicyclic) bond motifs is 2. The van der Waals surface area contributed by atoms with E-state index < -0.39 is 0 Å². The van der Waals surface area contributed by atoms with Crippen molar-refractivity contribution in [3.63, 3.8) is 0 Å². The fourth-order valence-corrected chi connectivity index (χ4v) is 5.65. The Balaban J connectivity index is 1.67. The predicted molar refractivity (Wildman–Crippen MR) is 128 cm³/mol. The molecular formula is C27H32BN2+. The van der Waals surface area contributed by atoms with Gasteiger partial charge in [0.2, 0.25) is 5.52 Å². The molecule has 0 atom stereocenters. The molecule has 2 aliphatic rings. The first-order valence-corrected chi connectivity index (χ1v) is 11.5. The first-order valence-electron chi connectivity index (χ1n) is 11.5. The van der Waals surface area contributed by atoms with E-state index in [9.17, 15) is 0 Å². The van der Waals surface area contributed by atoms with Crippen molar-refractivity contribution in [2.45, 2.75) is 45.4 Å². The van der Waals surface area contributed by atoms with Gasteiger partial charge in [0.1, 0.15) is 7.05 Å². The molecule has 1 aliphatic carbocycles. The van der Waals surface area contributed by atoms with Gasteiger partial charge in [-0.25, -0.2) is 4.57 Å². The number of benzene rings is 2. The average Bonchev–Trinajstić information content (AvgIpc) is 2.78. The first kappa shape index (κ1) is 19.4. The molecule has 0 unspecified atom stereocenters. The Hall–Kier alpha value is -2.55. The molecular weight excluding hydrogens is 363 g/mol. The second-order valence-electron chi connectivity index (χ2n) is 9.31. The summed E-state index contributed by atoms with van der Waals surface area (Å²) >= 11 is 0. The van der Waals surface area contributed by atoms with Crippen LogP contribution in [0.2, 0.25) is 0 Å². The van der Waals surface area contributed by atoms with Gasteiger partial charge in [0.15, 0.2) is 5.59 Å². The Bertz CT molecular complexity index is 1110. The van der Waals surface area contributed by atoms with Crippen LogP contribution in [0.4, 0.5) is 0 Å². The minimum Gasteiger partial charge on any atom is -0.408 e. The lowest BCUT2D eigenvalue weighted by Crippen LogP contribution is -2.66. The quantitative estimate of drug-likeness (QED) is 0.476. The highest BCUT2D eigenvalue weighted by atomic mass is 15.1. The molecule has 30 heavy (non-hydrogen) atoms. The molecule has 2 aromatic carbocycles. The minimum absolute atomic E-state index is 0.242. The summed E-state index contributed by atoms with van der Waals surface area (Å²) in [6.45, 7) is 2.47. The number of aromatic nitrogens is 1. The number of pyridine rings is 1. The van der Waals surface area contributed by atoms with E-state index in [1.165, 1.54) is 77.3 Å². The van der Waals surface area contributed by atoms with Crippen molar-refractivity contribution in [3.05, 3.63) is 71.4 Å². The van der Waals surface area contributed by atoms with Crippen molar-refractivity contribution >= 4 is 34.9 Å². The Morgan fingerprint density at radius 3 is 2.57 bits per heavy atom. The fraction of sp³-hybridized carbons (Fsp3) is 0.370. The molecule has 1 aliphatic heterocycles. The van der Waals surface area contributed by atoms with E-state index in [1.54, 1.807) is 0 Å². The Kier molecular flexibility index (Phi) is 5.14. The summed E-state index contributed by atoms with van der Waals surface area (Å²) in [4.78, 5) is 2.44. The predicted octanol–water partition coefficient (Wildman–Crippen LogP) is 4.20. The molecule has 0 saturated heterocycles. The van der Waals surface area contributed by atoms with Gasteiger partial charge in [-0.05, 0) is 60.7 Å². The molecule has 3 heteroatoms. The van der Waals surface area contributed by atoms with Crippen molar-refractivity contribution in [3.8, 4) is 0 Å². The van der Waals surface area contributed by atoms with Gasteiger partial charge in [-0.1, -0.05) is 68.5 Å². The largest absolute Gasteiger partial charge is 0.408 e. The van der Waals surface area contributed by atoms with Crippen LogP contribution in [0.3, 0.4) is 0 Å². The normalized spacial score (nSPS) is 17.2. The summed E-state index contributed by atoms with van der Waals surface area (Å²) in [6, 6.07) is 20.4. The van der Waals surface area contributed by atoms with E-state index in [0.29, 0.717) is 0 Å². The highest BCUT2D eigenvalue weighted by molar-refractivity contribution is 6.83. The van der Waals surface area contributed by atoms with Crippen LogP contribution in [-0.4, -0.2) is 18.7 Å². The molecule has 2 heterocycles. The molecule has 0 spiro atoms. The van der Waals surface area contributed by atoms with Crippen LogP contribution in [0.25, 0.3) is 17.0 Å². The monoisotopic (exact) mass is 395 g/mol. The number of rotatable bonds is 3. The summed E-state index contributed by atoms with van der Waals surface area (Å²) < 4.78 is 2.43. The third-order valence-corrected chi connectivity index (χ3v) is 7.43. The van der Waals surface area contributed by atoms with E-state index in [1.807, 2.05) is 0 Å². The number of aryl methyl sites for hydroxylation is 1. The standard InChI is InChI=1S/C27H32BN2/c1-20-17-22-13-7-9-15-25(22)28(30(20)3)27-19-23(18-21-11-5-4-6-12-21)24-14-8-10-16-26(24)29(27)2/h7-10,13-17,19,21H,4-6,11-12,18H2,1-3H3/q+1. The topological polar surface area (TPSA) is 7.12 Å². The lowest BCUT2D eigenvalue weighted by molar-refractivity contribution is -0.627. The zero-order chi connectivity index (χ0) is 20.7. The van der Waals surface area contributed by atoms with E-state index in [0.717, 1.165) is 5.92 Å². The molecule has 3 aromatic rings. The average molecular weight is 395 g/mol. The van der Waals surface area contributed by atoms with Gasteiger partial charge in [0.25, 0.3) is 0 Å². The third-order valence-electron chi connectivity index (χ3n) is 7.43. The molecule has 1 aromatic heterocycles. The zero-order valence-electron chi connectivity index (χ0n) is 18.6. The maximum Gasteiger partial charge on any atom is 0.404 e. The lowest BCUT2D eigenvalue weighted by Gasteiger charge is -2.32. The summed E-state index contributed by atoms with van der Waals surface area (Å²) in [5.41, 5.74) is 8.34. The lowest BCUT2D eigenvalue weighted by atomic mass is 9.48. The van der Waals surface area contributed by atoms with Gasteiger partial charge in [-0.2, -0.15) is 0 Å². The maximum absolute atomic E-state index is 2.52. The summed E-state index contributed by atoms with van der Waals surface area (Å²) in [5.74, 6) is 0.834. The van der Waals surface area contributed by atoms with Crippen LogP contribution in [0.1, 0.15) is 50.2 Å². The molecule has 0 N–H and O–H groups in total. The highest BCUT2D eigenvalue weighted by Gasteiger charge is 2.38. The van der Waals surface area contributed by atoms with Gasteiger partial charge >= 0.3 is 6.85 Å². The van der Waals surface area contributed by atoms with E-state index in [4.69, 9.17) is 0 Å². The van der Waals surface area contributed by atoms with Crippen molar-refractivity contribution in [1.82, 2.24) is 4.81 Å². The first-order chi connectivity index (χ1) is 14.6. The van der Waals surface area contributed by atoms with Crippen LogP contribution in [0.15, 0.2) is 60.3 Å². The molecule has 1 fully saturated rings. The number of hydrogen-bond acceptors (Lipinski definition) is 1. The van der Waals surface area contributed by atoms with Crippen LogP contribution >= 0.6 is 0 Å². The second-order valence-corrected chi connectivity index (χ2v) is 9.31. The van der Waals surface area contributed by atoms with E-state index in [2.05, 4.69) is 91.1 Å². The van der Waals surface area contributed by atoms with Gasteiger partial charge in [-0.3, -0.25) is 0 Å². The maximum atomic E-state index is 2.52. The van der Waals surface area contributed by atoms with Crippen molar-refractivity contribution < 1.29 is 4.57 Å². The fourth-order valence-electron chi connectivity index (χ4n) is 5.65. The molecule has 0 radical (unpaired) electrons. The van der Waals surface area contributed by atoms with Crippen molar-refractivity contribution in [1.29, 1.82) is 0 Å². The molecule has 1 saturated carbocycles. The minimum atomic E-state index is 0.242. The van der Waals surface area contributed by atoms with E-state index in [-0.39, 0.29) is 6.85 Å². The highest BCUT2D eigenvalue weighted by Crippen LogP contribution is 2.29. The van der Waals surface area contributed by atoms with Crippen molar-refractivity contribution in [2.75, 3.05) is 7.05 Å². The third kappa shape index (κ3) is 3.35. The number of para-hydroxylation sites is 1.